The second kappa shape index (κ2) is 2.85. The lowest BCUT2D eigenvalue weighted by atomic mass is 10.0. The molecule has 0 N–H and O–H groups in total. The molecule has 1 aliphatic carbocycles. The molecule has 3 rings (SSSR count). The quantitative estimate of drug-likeness (QED) is 0.641. The minimum Gasteiger partial charge on any atom is -0.373 e. The summed E-state index contributed by atoms with van der Waals surface area (Å²) in [4.78, 5) is 0. The Hall–Kier alpha value is -0.820. The topological polar surface area (TPSA) is 12.5 Å². The monoisotopic (exact) mass is 174 g/mol. The van der Waals surface area contributed by atoms with Crippen molar-refractivity contribution in [2.45, 2.75) is 31.3 Å². The zero-order chi connectivity index (χ0) is 8.67. The van der Waals surface area contributed by atoms with Crippen LogP contribution in [0.2, 0.25) is 0 Å². The van der Waals surface area contributed by atoms with E-state index in [2.05, 4.69) is 24.3 Å². The Morgan fingerprint density at radius 1 is 1.31 bits per heavy atom. The van der Waals surface area contributed by atoms with Crippen LogP contribution in [0.15, 0.2) is 24.3 Å². The summed E-state index contributed by atoms with van der Waals surface area (Å²) < 4.78 is 5.23. The second-order valence-electron chi connectivity index (χ2n) is 4.18. The molecule has 1 heteroatoms. The fourth-order valence-electron chi connectivity index (χ4n) is 1.84. The molecule has 1 atom stereocenters. The molecule has 0 amide bonds. The van der Waals surface area contributed by atoms with Gasteiger partial charge < -0.3 is 4.74 Å². The van der Waals surface area contributed by atoms with E-state index in [1.165, 1.54) is 24.0 Å². The van der Waals surface area contributed by atoms with Gasteiger partial charge in [0.15, 0.2) is 0 Å². The van der Waals surface area contributed by atoms with Crippen molar-refractivity contribution in [2.24, 2.45) is 0 Å². The van der Waals surface area contributed by atoms with Crippen LogP contribution in [-0.2, 0) is 11.2 Å². The molecule has 1 aromatic carbocycles. The fraction of sp³-hybridized carbons (Fsp3) is 0.500. The number of rotatable bonds is 3. The third-order valence-electron chi connectivity index (χ3n) is 2.87. The Morgan fingerprint density at radius 3 is 2.85 bits per heavy atom. The lowest BCUT2D eigenvalue weighted by Crippen LogP contribution is -1.93. The van der Waals surface area contributed by atoms with Crippen LogP contribution in [0, 0.1) is 0 Å². The SMILES string of the molecule is c1cc(CC2CO2)cc(C2CC2)c1. The van der Waals surface area contributed by atoms with E-state index in [4.69, 9.17) is 4.74 Å². The number of epoxide rings is 1. The smallest absolute Gasteiger partial charge is 0.0850 e. The minimum atomic E-state index is 0.523. The van der Waals surface area contributed by atoms with Gasteiger partial charge in [0.25, 0.3) is 0 Å². The molecular weight excluding hydrogens is 160 g/mol. The molecule has 1 aromatic rings. The molecule has 13 heavy (non-hydrogen) atoms. The fourth-order valence-corrected chi connectivity index (χ4v) is 1.84. The van der Waals surface area contributed by atoms with E-state index in [1.54, 1.807) is 0 Å². The number of ether oxygens (including phenoxy) is 1. The zero-order valence-corrected chi connectivity index (χ0v) is 7.70. The summed E-state index contributed by atoms with van der Waals surface area (Å²) in [6.45, 7) is 0.966. The van der Waals surface area contributed by atoms with Crippen LogP contribution in [0.5, 0.6) is 0 Å². The molecule has 1 aliphatic heterocycles. The van der Waals surface area contributed by atoms with Crippen LogP contribution < -0.4 is 0 Å². The van der Waals surface area contributed by atoms with E-state index < -0.39 is 0 Å². The van der Waals surface area contributed by atoms with Crippen LogP contribution in [-0.4, -0.2) is 12.7 Å². The molecule has 0 radical (unpaired) electrons. The van der Waals surface area contributed by atoms with Crippen molar-refractivity contribution in [3.63, 3.8) is 0 Å². The second-order valence-corrected chi connectivity index (χ2v) is 4.18. The Bertz CT molecular complexity index is 311. The lowest BCUT2D eigenvalue weighted by molar-refractivity contribution is 0.407. The van der Waals surface area contributed by atoms with E-state index >= 15 is 0 Å². The van der Waals surface area contributed by atoms with Crippen molar-refractivity contribution in [3.8, 4) is 0 Å². The van der Waals surface area contributed by atoms with Gasteiger partial charge in [-0.3, -0.25) is 0 Å². The first-order valence-corrected chi connectivity index (χ1v) is 5.12. The Kier molecular flexibility index (Phi) is 1.66. The van der Waals surface area contributed by atoms with E-state index in [9.17, 15) is 0 Å². The highest BCUT2D eigenvalue weighted by molar-refractivity contribution is 5.29. The van der Waals surface area contributed by atoms with Crippen molar-refractivity contribution in [1.82, 2.24) is 0 Å². The van der Waals surface area contributed by atoms with Gasteiger partial charge >= 0.3 is 0 Å². The summed E-state index contributed by atoms with van der Waals surface area (Å²) >= 11 is 0. The molecule has 1 saturated carbocycles. The van der Waals surface area contributed by atoms with Crippen LogP contribution >= 0.6 is 0 Å². The number of benzene rings is 1. The molecule has 2 fully saturated rings. The Labute approximate surface area is 78.7 Å². The summed E-state index contributed by atoms with van der Waals surface area (Å²) in [7, 11) is 0. The summed E-state index contributed by atoms with van der Waals surface area (Å²) in [5.74, 6) is 0.875. The predicted octanol–water partition coefficient (Wildman–Crippen LogP) is 2.51. The van der Waals surface area contributed by atoms with Crippen molar-refractivity contribution < 1.29 is 4.74 Å². The van der Waals surface area contributed by atoms with E-state index in [-0.39, 0.29) is 0 Å². The van der Waals surface area contributed by atoms with E-state index in [0.717, 1.165) is 18.9 Å². The highest BCUT2D eigenvalue weighted by atomic mass is 16.6. The van der Waals surface area contributed by atoms with Gasteiger partial charge in [-0.25, -0.2) is 0 Å². The maximum absolute atomic E-state index is 5.23. The van der Waals surface area contributed by atoms with E-state index in [0.29, 0.717) is 6.10 Å². The standard InChI is InChI=1S/C12H14O/c1-2-9(7-12-8-13-12)6-11(3-1)10-4-5-10/h1-3,6,10,12H,4-5,7-8H2. The van der Waals surface area contributed by atoms with Crippen molar-refractivity contribution in [1.29, 1.82) is 0 Å². The summed E-state index contributed by atoms with van der Waals surface area (Å²) in [5, 5.41) is 0. The van der Waals surface area contributed by atoms with E-state index in [1.807, 2.05) is 0 Å². The third-order valence-corrected chi connectivity index (χ3v) is 2.87. The molecular formula is C12H14O. The molecule has 1 unspecified atom stereocenters. The first-order valence-electron chi connectivity index (χ1n) is 5.12. The van der Waals surface area contributed by atoms with Crippen LogP contribution in [0.1, 0.15) is 29.9 Å². The van der Waals surface area contributed by atoms with Gasteiger partial charge in [0.2, 0.25) is 0 Å². The highest BCUT2D eigenvalue weighted by Crippen LogP contribution is 2.40. The van der Waals surface area contributed by atoms with Crippen molar-refractivity contribution in [2.75, 3.05) is 6.61 Å². The lowest BCUT2D eigenvalue weighted by Gasteiger charge is -2.01. The summed E-state index contributed by atoms with van der Waals surface area (Å²) in [6, 6.07) is 9.02. The maximum atomic E-state index is 5.23. The van der Waals surface area contributed by atoms with Crippen LogP contribution in [0.3, 0.4) is 0 Å². The largest absolute Gasteiger partial charge is 0.373 e. The molecule has 0 aromatic heterocycles. The summed E-state index contributed by atoms with van der Waals surface area (Å²) in [6.07, 6.45) is 4.42. The molecule has 1 nitrogen and oxygen atoms in total. The van der Waals surface area contributed by atoms with Gasteiger partial charge in [0.05, 0.1) is 12.7 Å². The first-order chi connectivity index (χ1) is 6.42. The molecule has 2 aliphatic rings. The number of hydrogen-bond donors (Lipinski definition) is 0. The van der Waals surface area contributed by atoms with Crippen LogP contribution in [0.25, 0.3) is 0 Å². The molecule has 68 valence electrons. The first kappa shape index (κ1) is 7.57. The molecule has 1 heterocycles. The van der Waals surface area contributed by atoms with Gasteiger partial charge in [0.1, 0.15) is 0 Å². The summed E-state index contributed by atoms with van der Waals surface area (Å²) in [5.41, 5.74) is 2.99. The molecule has 0 bridgehead atoms. The molecule has 1 saturated heterocycles. The zero-order valence-electron chi connectivity index (χ0n) is 7.70. The van der Waals surface area contributed by atoms with Gasteiger partial charge in [-0.1, -0.05) is 24.3 Å². The van der Waals surface area contributed by atoms with Crippen molar-refractivity contribution >= 4 is 0 Å². The van der Waals surface area contributed by atoms with Gasteiger partial charge in [0, 0.05) is 6.42 Å². The van der Waals surface area contributed by atoms with Crippen molar-refractivity contribution in [3.05, 3.63) is 35.4 Å². The normalized spacial score (nSPS) is 26.0. The Balaban J connectivity index is 1.79. The third kappa shape index (κ3) is 1.75. The maximum Gasteiger partial charge on any atom is 0.0850 e. The van der Waals surface area contributed by atoms with Gasteiger partial charge in [-0.2, -0.15) is 0 Å². The highest BCUT2D eigenvalue weighted by Gasteiger charge is 2.25. The van der Waals surface area contributed by atoms with Gasteiger partial charge in [-0.15, -0.1) is 0 Å². The minimum absolute atomic E-state index is 0.523. The van der Waals surface area contributed by atoms with Crippen LogP contribution in [0.4, 0.5) is 0 Å². The van der Waals surface area contributed by atoms with Gasteiger partial charge in [-0.05, 0) is 29.9 Å². The average molecular weight is 174 g/mol. The predicted molar refractivity (Wildman–Crippen MR) is 51.9 cm³/mol. The number of hydrogen-bond acceptors (Lipinski definition) is 1. The Morgan fingerprint density at radius 2 is 2.15 bits per heavy atom. The average Bonchev–Trinajstić information content (AvgIpc) is 3.00. The molecule has 0 spiro atoms.